The molecule has 0 aliphatic heterocycles. The maximum Gasteiger partial charge on any atom is 0.161 e. The van der Waals surface area contributed by atoms with E-state index < -0.39 is 0 Å². The van der Waals surface area contributed by atoms with E-state index in [-0.39, 0.29) is 5.82 Å². The number of halogens is 1. The van der Waals surface area contributed by atoms with E-state index in [1.165, 1.54) is 6.07 Å². The third kappa shape index (κ3) is 3.63. The summed E-state index contributed by atoms with van der Waals surface area (Å²) in [4.78, 5) is 0. The first-order valence-electron chi connectivity index (χ1n) is 6.46. The van der Waals surface area contributed by atoms with Crippen LogP contribution >= 0.6 is 0 Å². The lowest BCUT2D eigenvalue weighted by atomic mass is 10.2. The molecule has 2 aromatic carbocycles. The Balaban J connectivity index is 1.83. The highest BCUT2D eigenvalue weighted by Crippen LogP contribution is 2.25. The van der Waals surface area contributed by atoms with Crippen molar-refractivity contribution < 1.29 is 13.9 Å². The largest absolute Gasteiger partial charge is 0.493 e. The molecule has 0 heterocycles. The Kier molecular flexibility index (Phi) is 4.82. The van der Waals surface area contributed by atoms with E-state index in [2.05, 4.69) is 5.32 Å². The van der Waals surface area contributed by atoms with Crippen LogP contribution in [0, 0.1) is 12.7 Å². The number of ether oxygens (including phenoxy) is 2. The molecule has 0 fully saturated rings. The molecule has 0 radical (unpaired) electrons. The minimum Gasteiger partial charge on any atom is -0.493 e. The van der Waals surface area contributed by atoms with E-state index in [0.717, 1.165) is 5.69 Å². The Morgan fingerprint density at radius 1 is 1.10 bits per heavy atom. The van der Waals surface area contributed by atoms with Gasteiger partial charge in [-0.1, -0.05) is 18.2 Å². The predicted molar refractivity (Wildman–Crippen MR) is 78.1 cm³/mol. The molecule has 0 aromatic heterocycles. The number of anilines is 1. The minimum absolute atomic E-state index is 0.208. The molecule has 0 atom stereocenters. The van der Waals surface area contributed by atoms with Crippen molar-refractivity contribution in [2.75, 3.05) is 25.6 Å². The molecule has 0 aliphatic carbocycles. The Hall–Kier alpha value is -2.23. The van der Waals surface area contributed by atoms with Gasteiger partial charge in [0.25, 0.3) is 0 Å². The smallest absolute Gasteiger partial charge is 0.161 e. The lowest BCUT2D eigenvalue weighted by Crippen LogP contribution is -2.12. The second-order valence-electron chi connectivity index (χ2n) is 4.39. The number of para-hydroxylation sites is 2. The fourth-order valence-corrected chi connectivity index (χ4v) is 1.80. The van der Waals surface area contributed by atoms with Crippen molar-refractivity contribution >= 4 is 5.69 Å². The molecular formula is C16H18FNO2. The number of nitrogens with one attached hydrogen (secondary N) is 1. The molecule has 0 amide bonds. The molecule has 3 nitrogen and oxygen atoms in total. The van der Waals surface area contributed by atoms with Gasteiger partial charge < -0.3 is 14.8 Å². The van der Waals surface area contributed by atoms with Gasteiger partial charge in [0.2, 0.25) is 0 Å². The quantitative estimate of drug-likeness (QED) is 0.817. The van der Waals surface area contributed by atoms with E-state index in [1.54, 1.807) is 20.1 Å². The zero-order valence-electron chi connectivity index (χ0n) is 11.7. The standard InChI is InChI=1S/C16H18FNO2/c1-12-7-8-13(11-14(12)17)18-9-10-20-16-6-4-3-5-15(16)19-2/h3-8,11,18H,9-10H2,1-2H3. The number of benzene rings is 2. The van der Waals surface area contributed by atoms with E-state index >= 15 is 0 Å². The normalized spacial score (nSPS) is 10.2. The van der Waals surface area contributed by atoms with Crippen LogP contribution in [0.15, 0.2) is 42.5 Å². The van der Waals surface area contributed by atoms with Crippen LogP contribution in [-0.2, 0) is 0 Å². The van der Waals surface area contributed by atoms with Crippen LogP contribution in [0.25, 0.3) is 0 Å². The van der Waals surface area contributed by atoms with Crippen LogP contribution in [0.3, 0.4) is 0 Å². The molecular weight excluding hydrogens is 257 g/mol. The van der Waals surface area contributed by atoms with Crippen molar-refractivity contribution in [3.63, 3.8) is 0 Å². The number of hydrogen-bond donors (Lipinski definition) is 1. The molecule has 0 saturated heterocycles. The highest BCUT2D eigenvalue weighted by molar-refractivity contribution is 5.45. The molecule has 0 bridgehead atoms. The average Bonchev–Trinajstić information content (AvgIpc) is 2.47. The maximum atomic E-state index is 13.4. The summed E-state index contributed by atoms with van der Waals surface area (Å²) in [6.07, 6.45) is 0. The first kappa shape index (κ1) is 14.2. The van der Waals surface area contributed by atoms with Gasteiger partial charge in [-0.3, -0.25) is 0 Å². The maximum absolute atomic E-state index is 13.4. The van der Waals surface area contributed by atoms with Crippen LogP contribution in [0.1, 0.15) is 5.56 Å². The molecule has 2 aromatic rings. The first-order chi connectivity index (χ1) is 9.70. The molecule has 0 aliphatic rings. The number of methoxy groups -OCH3 is 1. The molecule has 0 spiro atoms. The summed E-state index contributed by atoms with van der Waals surface area (Å²) in [5.74, 6) is 1.20. The number of rotatable bonds is 6. The van der Waals surface area contributed by atoms with Crippen molar-refractivity contribution in [1.29, 1.82) is 0 Å². The zero-order chi connectivity index (χ0) is 14.4. The fourth-order valence-electron chi connectivity index (χ4n) is 1.80. The van der Waals surface area contributed by atoms with E-state index in [4.69, 9.17) is 9.47 Å². The van der Waals surface area contributed by atoms with Crippen molar-refractivity contribution in [3.05, 3.63) is 53.8 Å². The summed E-state index contributed by atoms with van der Waals surface area (Å²) in [5, 5.41) is 3.11. The fraction of sp³-hybridized carbons (Fsp3) is 0.250. The molecule has 1 N–H and O–H groups in total. The summed E-state index contributed by atoms with van der Waals surface area (Å²) in [6, 6.07) is 12.6. The van der Waals surface area contributed by atoms with E-state index in [9.17, 15) is 4.39 Å². The Morgan fingerprint density at radius 2 is 1.85 bits per heavy atom. The van der Waals surface area contributed by atoms with E-state index in [1.807, 2.05) is 30.3 Å². The lowest BCUT2D eigenvalue weighted by molar-refractivity contribution is 0.306. The Bertz CT molecular complexity index is 572. The lowest BCUT2D eigenvalue weighted by Gasteiger charge is -2.11. The summed E-state index contributed by atoms with van der Waals surface area (Å²) in [6.45, 7) is 2.79. The van der Waals surface area contributed by atoms with Gasteiger partial charge in [-0.05, 0) is 36.8 Å². The van der Waals surface area contributed by atoms with Crippen molar-refractivity contribution in [1.82, 2.24) is 0 Å². The SMILES string of the molecule is COc1ccccc1OCCNc1ccc(C)c(F)c1. The molecule has 0 saturated carbocycles. The minimum atomic E-state index is -0.208. The number of aryl methyl sites for hydroxylation is 1. The molecule has 2 rings (SSSR count). The second-order valence-corrected chi connectivity index (χ2v) is 4.39. The number of hydrogen-bond acceptors (Lipinski definition) is 3. The van der Waals surface area contributed by atoms with E-state index in [0.29, 0.717) is 30.2 Å². The topological polar surface area (TPSA) is 30.5 Å². The van der Waals surface area contributed by atoms with Crippen LogP contribution < -0.4 is 14.8 Å². The monoisotopic (exact) mass is 275 g/mol. The third-order valence-corrected chi connectivity index (χ3v) is 2.93. The van der Waals surface area contributed by atoms with Crippen molar-refractivity contribution in [2.45, 2.75) is 6.92 Å². The zero-order valence-corrected chi connectivity index (χ0v) is 11.7. The van der Waals surface area contributed by atoms with Crippen LogP contribution in [0.4, 0.5) is 10.1 Å². The molecule has 4 heteroatoms. The molecule has 106 valence electrons. The summed E-state index contributed by atoms with van der Waals surface area (Å²) < 4.78 is 24.2. The van der Waals surface area contributed by atoms with Gasteiger partial charge in [-0.15, -0.1) is 0 Å². The van der Waals surface area contributed by atoms with Crippen LogP contribution in [0.2, 0.25) is 0 Å². The Morgan fingerprint density at radius 3 is 2.55 bits per heavy atom. The average molecular weight is 275 g/mol. The van der Waals surface area contributed by atoms with Gasteiger partial charge in [-0.25, -0.2) is 4.39 Å². The summed E-state index contributed by atoms with van der Waals surface area (Å²) in [7, 11) is 1.61. The van der Waals surface area contributed by atoms with Crippen molar-refractivity contribution in [3.8, 4) is 11.5 Å². The summed E-state index contributed by atoms with van der Waals surface area (Å²) in [5.41, 5.74) is 1.39. The highest BCUT2D eigenvalue weighted by atomic mass is 19.1. The van der Waals surface area contributed by atoms with Crippen molar-refractivity contribution in [2.24, 2.45) is 0 Å². The molecule has 20 heavy (non-hydrogen) atoms. The Labute approximate surface area is 118 Å². The van der Waals surface area contributed by atoms with Crippen LogP contribution in [0.5, 0.6) is 11.5 Å². The summed E-state index contributed by atoms with van der Waals surface area (Å²) >= 11 is 0. The second kappa shape index (κ2) is 6.80. The molecule has 0 unspecified atom stereocenters. The van der Waals surface area contributed by atoms with Gasteiger partial charge >= 0.3 is 0 Å². The van der Waals surface area contributed by atoms with Gasteiger partial charge in [-0.2, -0.15) is 0 Å². The third-order valence-electron chi connectivity index (χ3n) is 2.93. The van der Waals surface area contributed by atoms with Gasteiger partial charge in [0.05, 0.1) is 7.11 Å². The predicted octanol–water partition coefficient (Wildman–Crippen LogP) is 3.63. The van der Waals surface area contributed by atoms with Crippen LogP contribution in [-0.4, -0.2) is 20.3 Å². The van der Waals surface area contributed by atoms with Gasteiger partial charge in [0.15, 0.2) is 11.5 Å². The highest BCUT2D eigenvalue weighted by Gasteiger charge is 2.02. The first-order valence-corrected chi connectivity index (χ1v) is 6.46. The van der Waals surface area contributed by atoms with Gasteiger partial charge in [0.1, 0.15) is 12.4 Å². The van der Waals surface area contributed by atoms with Gasteiger partial charge in [0, 0.05) is 12.2 Å².